The van der Waals surface area contributed by atoms with Crippen molar-refractivity contribution < 1.29 is 5.11 Å². The van der Waals surface area contributed by atoms with E-state index in [1.165, 1.54) is 0 Å². The molecule has 3 aliphatic carbocycles. The summed E-state index contributed by atoms with van der Waals surface area (Å²) in [6.45, 7) is 8.57. The largest absolute Gasteiger partial charge is 0.384 e. The number of hydrogen-bond donors (Lipinski definition) is 1. The van der Waals surface area contributed by atoms with Crippen LogP contribution in [0.25, 0.3) is 0 Å². The highest BCUT2D eigenvalue weighted by Crippen LogP contribution is 2.61. The zero-order chi connectivity index (χ0) is 13.8. The van der Waals surface area contributed by atoms with Crippen LogP contribution in [0.2, 0.25) is 0 Å². The van der Waals surface area contributed by atoms with Gasteiger partial charge >= 0.3 is 0 Å². The lowest BCUT2D eigenvalue weighted by atomic mass is 9.44. The molecule has 3 aliphatic rings. The first kappa shape index (κ1) is 13.3. The molecule has 19 heavy (non-hydrogen) atoms. The number of aromatic nitrogens is 1. The summed E-state index contributed by atoms with van der Waals surface area (Å²) in [7, 11) is 0. The minimum Gasteiger partial charge on any atom is -0.384 e. The van der Waals surface area contributed by atoms with Gasteiger partial charge in [-0.05, 0) is 43.9 Å². The van der Waals surface area contributed by atoms with Crippen LogP contribution in [0.1, 0.15) is 51.6 Å². The van der Waals surface area contributed by atoms with E-state index >= 15 is 0 Å². The summed E-state index contributed by atoms with van der Waals surface area (Å²) in [4.78, 5) is 9.11. The summed E-state index contributed by atoms with van der Waals surface area (Å²) < 4.78 is 0. The van der Waals surface area contributed by atoms with Gasteiger partial charge in [0.15, 0.2) is 0 Å². The van der Waals surface area contributed by atoms with Gasteiger partial charge in [-0.1, -0.05) is 13.8 Å². The first-order chi connectivity index (χ1) is 8.83. The molecular formula is C15H22N2OS. The number of aliphatic imine (C=N–C) groups is 1. The second-order valence-electron chi connectivity index (χ2n) is 6.78. The van der Waals surface area contributed by atoms with Gasteiger partial charge in [-0.2, -0.15) is 0 Å². The van der Waals surface area contributed by atoms with Crippen LogP contribution in [0, 0.1) is 17.3 Å². The molecule has 4 heteroatoms. The fourth-order valence-corrected chi connectivity index (χ4v) is 4.50. The Hall–Kier alpha value is -0.740. The molecule has 0 aromatic carbocycles. The van der Waals surface area contributed by atoms with Crippen LogP contribution < -0.4 is 0 Å². The van der Waals surface area contributed by atoms with Gasteiger partial charge in [0.2, 0.25) is 0 Å². The molecule has 104 valence electrons. The van der Waals surface area contributed by atoms with E-state index in [9.17, 15) is 5.11 Å². The predicted molar refractivity (Wildman–Crippen MR) is 78.6 cm³/mol. The number of hydrogen-bond acceptors (Lipinski definition) is 4. The third-order valence-corrected chi connectivity index (χ3v) is 6.28. The lowest BCUT2D eigenvalue weighted by molar-refractivity contribution is -0.134. The van der Waals surface area contributed by atoms with E-state index in [0.29, 0.717) is 11.8 Å². The van der Waals surface area contributed by atoms with E-state index in [2.05, 4.69) is 25.8 Å². The van der Waals surface area contributed by atoms with Crippen LogP contribution in [0.3, 0.4) is 0 Å². The second-order valence-corrected chi connectivity index (χ2v) is 7.71. The molecule has 3 fully saturated rings. The normalized spacial score (nSPS) is 39.9. The molecule has 1 aromatic heterocycles. The molecule has 4 atom stereocenters. The van der Waals surface area contributed by atoms with Crippen molar-refractivity contribution in [2.75, 3.05) is 0 Å². The third kappa shape index (κ3) is 1.88. The number of fused-ring (bicyclic) bond motifs is 2. The van der Waals surface area contributed by atoms with Crippen LogP contribution in [-0.4, -0.2) is 21.4 Å². The standard InChI is InChI=1S/C15H22N2OS/c1-9(13-16-5-6-19-13)17-12-8-10-7-11(14(10,2)3)15(12,4)18/h5-6,9-11,18H,7-8H2,1-4H3/t9-,10+,11+,15+/m1/s1. The highest BCUT2D eigenvalue weighted by Gasteiger charge is 2.61. The van der Waals surface area contributed by atoms with Crippen LogP contribution in [0.4, 0.5) is 0 Å². The number of rotatable bonds is 2. The van der Waals surface area contributed by atoms with Crippen molar-refractivity contribution in [1.29, 1.82) is 0 Å². The van der Waals surface area contributed by atoms with Crippen molar-refractivity contribution >= 4 is 17.0 Å². The molecule has 1 aromatic rings. The first-order valence-electron chi connectivity index (χ1n) is 7.02. The smallest absolute Gasteiger partial charge is 0.117 e. The van der Waals surface area contributed by atoms with Gasteiger partial charge < -0.3 is 5.11 Å². The lowest BCUT2D eigenvalue weighted by Gasteiger charge is -2.62. The van der Waals surface area contributed by atoms with Crippen LogP contribution in [0.5, 0.6) is 0 Å². The Bertz CT molecular complexity index is 504. The molecule has 0 unspecified atom stereocenters. The maximum Gasteiger partial charge on any atom is 0.117 e. The molecule has 2 bridgehead atoms. The van der Waals surface area contributed by atoms with E-state index in [0.717, 1.165) is 23.6 Å². The molecule has 3 saturated carbocycles. The zero-order valence-electron chi connectivity index (χ0n) is 12.1. The molecule has 0 saturated heterocycles. The molecule has 1 N–H and O–H groups in total. The average Bonchev–Trinajstić information content (AvgIpc) is 2.84. The Morgan fingerprint density at radius 3 is 2.74 bits per heavy atom. The van der Waals surface area contributed by atoms with E-state index in [1.54, 1.807) is 11.3 Å². The summed E-state index contributed by atoms with van der Waals surface area (Å²) in [5.41, 5.74) is 0.493. The predicted octanol–water partition coefficient (Wildman–Crippen LogP) is 3.46. The first-order valence-corrected chi connectivity index (χ1v) is 7.90. The van der Waals surface area contributed by atoms with Crippen molar-refractivity contribution in [3.8, 4) is 0 Å². The maximum atomic E-state index is 10.9. The van der Waals surface area contributed by atoms with Crippen molar-refractivity contribution in [2.45, 2.75) is 52.2 Å². The minimum atomic E-state index is -0.746. The zero-order valence-corrected chi connectivity index (χ0v) is 12.9. The Balaban J connectivity index is 1.87. The van der Waals surface area contributed by atoms with Gasteiger partial charge in [0.05, 0.1) is 6.04 Å². The van der Waals surface area contributed by atoms with E-state index < -0.39 is 5.60 Å². The molecule has 0 amide bonds. The lowest BCUT2D eigenvalue weighted by Crippen LogP contribution is -2.64. The summed E-state index contributed by atoms with van der Waals surface area (Å²) >= 11 is 1.63. The number of aliphatic hydroxyl groups is 1. The van der Waals surface area contributed by atoms with E-state index in [1.807, 2.05) is 18.5 Å². The summed E-state index contributed by atoms with van der Waals surface area (Å²) in [5.74, 6) is 1.03. The van der Waals surface area contributed by atoms with Gasteiger partial charge in [0.25, 0.3) is 0 Å². The second kappa shape index (κ2) is 4.13. The minimum absolute atomic E-state index is 0.0575. The van der Waals surface area contributed by atoms with Gasteiger partial charge in [-0.25, -0.2) is 4.98 Å². The van der Waals surface area contributed by atoms with Crippen molar-refractivity contribution in [1.82, 2.24) is 4.98 Å². The van der Waals surface area contributed by atoms with Crippen LogP contribution in [-0.2, 0) is 0 Å². The SMILES string of the molecule is C[C@@H](N=C1C[C@@H]2C[C@@H](C2(C)C)[C@]1(C)O)c1nccs1. The molecule has 0 spiro atoms. The maximum absolute atomic E-state index is 10.9. The molecule has 0 aliphatic heterocycles. The van der Waals surface area contributed by atoms with Crippen molar-refractivity contribution in [3.63, 3.8) is 0 Å². The van der Waals surface area contributed by atoms with Crippen LogP contribution >= 0.6 is 11.3 Å². The van der Waals surface area contributed by atoms with Gasteiger partial charge in [-0.15, -0.1) is 11.3 Å². The summed E-state index contributed by atoms with van der Waals surface area (Å²) in [5, 5.41) is 13.9. The quantitative estimate of drug-likeness (QED) is 0.900. The summed E-state index contributed by atoms with van der Waals surface area (Å²) in [6, 6.07) is 0.0575. The van der Waals surface area contributed by atoms with Crippen molar-refractivity contribution in [2.24, 2.45) is 22.2 Å². The topological polar surface area (TPSA) is 45.5 Å². The fourth-order valence-electron chi connectivity index (χ4n) is 3.87. The monoisotopic (exact) mass is 278 g/mol. The molecule has 1 heterocycles. The Labute approximate surface area is 118 Å². The van der Waals surface area contributed by atoms with Gasteiger partial charge in [-0.3, -0.25) is 4.99 Å². The molecule has 4 rings (SSSR count). The molecule has 0 radical (unpaired) electrons. The highest BCUT2D eigenvalue weighted by molar-refractivity contribution is 7.09. The highest BCUT2D eigenvalue weighted by atomic mass is 32.1. The Morgan fingerprint density at radius 2 is 2.21 bits per heavy atom. The summed E-state index contributed by atoms with van der Waals surface area (Å²) in [6.07, 6.45) is 3.90. The Morgan fingerprint density at radius 1 is 1.47 bits per heavy atom. The van der Waals surface area contributed by atoms with Gasteiger partial charge in [0.1, 0.15) is 10.6 Å². The van der Waals surface area contributed by atoms with E-state index in [4.69, 9.17) is 4.99 Å². The molecular weight excluding hydrogens is 256 g/mol. The molecule has 3 nitrogen and oxygen atoms in total. The fraction of sp³-hybridized carbons (Fsp3) is 0.733. The number of nitrogens with zero attached hydrogens (tertiary/aromatic N) is 2. The van der Waals surface area contributed by atoms with Crippen molar-refractivity contribution in [3.05, 3.63) is 16.6 Å². The third-order valence-electron chi connectivity index (χ3n) is 5.33. The Kier molecular flexibility index (Phi) is 2.88. The average molecular weight is 278 g/mol. The number of thiazole rings is 1. The van der Waals surface area contributed by atoms with Crippen LogP contribution in [0.15, 0.2) is 16.6 Å². The van der Waals surface area contributed by atoms with E-state index in [-0.39, 0.29) is 11.5 Å². The van der Waals surface area contributed by atoms with Gasteiger partial charge in [0, 0.05) is 17.3 Å².